The van der Waals surface area contributed by atoms with Crippen LogP contribution < -0.4 is 9.64 Å². The van der Waals surface area contributed by atoms with Gasteiger partial charge in [0.05, 0.1) is 13.7 Å². The van der Waals surface area contributed by atoms with Crippen LogP contribution in [0.5, 0.6) is 5.75 Å². The Balaban J connectivity index is 1.60. The van der Waals surface area contributed by atoms with Gasteiger partial charge in [0.1, 0.15) is 5.75 Å². The summed E-state index contributed by atoms with van der Waals surface area (Å²) in [5.41, 5.74) is 1.91. The van der Waals surface area contributed by atoms with E-state index >= 15 is 0 Å². The minimum atomic E-state index is 0.0959. The Hall–Kier alpha value is -2.12. The molecule has 0 bridgehead atoms. The molecule has 2 aromatic rings. The van der Waals surface area contributed by atoms with Crippen molar-refractivity contribution in [3.8, 4) is 5.75 Å². The van der Waals surface area contributed by atoms with E-state index < -0.39 is 0 Å². The largest absolute Gasteiger partial charge is 0.497 e. The lowest BCUT2D eigenvalue weighted by atomic mass is 10.2. The summed E-state index contributed by atoms with van der Waals surface area (Å²) < 4.78 is 5.24. The quantitative estimate of drug-likeness (QED) is 0.584. The van der Waals surface area contributed by atoms with Gasteiger partial charge in [-0.2, -0.15) is 0 Å². The molecule has 0 N–H and O–H groups in total. The first-order valence-corrected chi connectivity index (χ1v) is 9.28. The fraction of sp³-hybridized carbons (Fsp3) is 0.389. The van der Waals surface area contributed by atoms with Crippen LogP contribution in [0.25, 0.3) is 0 Å². The zero-order valence-electron chi connectivity index (χ0n) is 14.5. The van der Waals surface area contributed by atoms with Crippen molar-refractivity contribution in [2.45, 2.75) is 18.6 Å². The number of nitrogens with zero attached hydrogens (tertiary/aromatic N) is 4. The van der Waals surface area contributed by atoms with E-state index in [0.717, 1.165) is 34.5 Å². The first-order chi connectivity index (χ1) is 12.2. The number of benzene rings is 1. The van der Waals surface area contributed by atoms with Crippen molar-refractivity contribution >= 4 is 23.4 Å². The van der Waals surface area contributed by atoms with Gasteiger partial charge in [0.15, 0.2) is 5.16 Å². The van der Waals surface area contributed by atoms with Crippen molar-refractivity contribution in [1.82, 2.24) is 14.9 Å². The number of anilines is 1. The van der Waals surface area contributed by atoms with Crippen LogP contribution in [0.1, 0.15) is 12.5 Å². The third-order valence-electron chi connectivity index (χ3n) is 4.03. The molecule has 0 saturated carbocycles. The summed E-state index contributed by atoms with van der Waals surface area (Å²) in [5.74, 6) is 1.81. The standard InChI is InChI=1S/C18H22N4O2S/c1-3-25-18-19-10-14(11-20-18)12-21-7-8-22(17(23)13-21)15-5-4-6-16(9-15)24-2/h4-6,9-11H,3,7-8,12-13H2,1-2H3. The highest BCUT2D eigenvalue weighted by molar-refractivity contribution is 7.99. The van der Waals surface area contributed by atoms with Gasteiger partial charge in [-0.25, -0.2) is 9.97 Å². The first-order valence-electron chi connectivity index (χ1n) is 8.30. The molecule has 7 heteroatoms. The number of carbonyl (C=O) groups excluding carboxylic acids is 1. The van der Waals surface area contributed by atoms with E-state index in [1.54, 1.807) is 18.9 Å². The summed E-state index contributed by atoms with van der Waals surface area (Å²) in [5, 5.41) is 0.796. The molecule has 1 aromatic heterocycles. The Morgan fingerprint density at radius 3 is 2.72 bits per heavy atom. The Morgan fingerprint density at radius 2 is 2.04 bits per heavy atom. The zero-order chi connectivity index (χ0) is 17.6. The highest BCUT2D eigenvalue weighted by Gasteiger charge is 2.25. The van der Waals surface area contributed by atoms with E-state index in [9.17, 15) is 4.79 Å². The van der Waals surface area contributed by atoms with Crippen molar-refractivity contribution < 1.29 is 9.53 Å². The molecular weight excluding hydrogens is 336 g/mol. The number of carbonyl (C=O) groups is 1. The van der Waals surface area contributed by atoms with Crippen LogP contribution >= 0.6 is 11.8 Å². The number of methoxy groups -OCH3 is 1. The number of amides is 1. The van der Waals surface area contributed by atoms with Gasteiger partial charge in [-0.15, -0.1) is 0 Å². The van der Waals surface area contributed by atoms with E-state index in [4.69, 9.17) is 4.74 Å². The van der Waals surface area contributed by atoms with E-state index in [1.807, 2.05) is 41.6 Å². The highest BCUT2D eigenvalue weighted by Crippen LogP contribution is 2.23. The summed E-state index contributed by atoms with van der Waals surface area (Å²) in [6.45, 7) is 4.64. The molecule has 1 amide bonds. The molecule has 25 heavy (non-hydrogen) atoms. The van der Waals surface area contributed by atoms with Crippen LogP contribution in [-0.4, -0.2) is 53.3 Å². The number of thioether (sulfide) groups is 1. The van der Waals surface area contributed by atoms with E-state index in [1.165, 1.54) is 0 Å². The maximum absolute atomic E-state index is 12.5. The minimum absolute atomic E-state index is 0.0959. The average molecular weight is 358 g/mol. The molecule has 0 atom stereocenters. The monoisotopic (exact) mass is 358 g/mol. The first kappa shape index (κ1) is 17.7. The minimum Gasteiger partial charge on any atom is -0.497 e. The number of hydrogen-bond donors (Lipinski definition) is 0. The number of aromatic nitrogens is 2. The van der Waals surface area contributed by atoms with Crippen LogP contribution in [0.2, 0.25) is 0 Å². The maximum atomic E-state index is 12.5. The molecule has 132 valence electrons. The molecule has 1 fully saturated rings. The lowest BCUT2D eigenvalue weighted by molar-refractivity contribution is -0.121. The van der Waals surface area contributed by atoms with E-state index in [2.05, 4.69) is 21.8 Å². The van der Waals surface area contributed by atoms with Crippen molar-refractivity contribution in [3.05, 3.63) is 42.2 Å². The Bertz CT molecular complexity index is 723. The van der Waals surface area contributed by atoms with Gasteiger partial charge in [0, 0.05) is 49.3 Å². The van der Waals surface area contributed by atoms with Crippen LogP contribution in [0, 0.1) is 0 Å². The molecule has 1 saturated heterocycles. The average Bonchev–Trinajstić information content (AvgIpc) is 2.64. The van der Waals surface area contributed by atoms with Gasteiger partial charge in [0.2, 0.25) is 5.91 Å². The van der Waals surface area contributed by atoms with Gasteiger partial charge >= 0.3 is 0 Å². The number of rotatable bonds is 6. The van der Waals surface area contributed by atoms with Crippen molar-refractivity contribution in [2.75, 3.05) is 37.4 Å². The van der Waals surface area contributed by atoms with E-state index in [-0.39, 0.29) is 5.91 Å². The zero-order valence-corrected chi connectivity index (χ0v) is 15.3. The molecule has 3 rings (SSSR count). The van der Waals surface area contributed by atoms with Gasteiger partial charge in [-0.3, -0.25) is 9.69 Å². The molecule has 0 radical (unpaired) electrons. The summed E-state index contributed by atoms with van der Waals surface area (Å²) in [6, 6.07) is 7.62. The molecule has 0 unspecified atom stereocenters. The summed E-state index contributed by atoms with van der Waals surface area (Å²) in [6.07, 6.45) is 3.70. The number of piperazine rings is 1. The molecule has 6 nitrogen and oxygen atoms in total. The van der Waals surface area contributed by atoms with Crippen LogP contribution in [-0.2, 0) is 11.3 Å². The smallest absolute Gasteiger partial charge is 0.241 e. The lowest BCUT2D eigenvalue weighted by Gasteiger charge is -2.34. The second-order valence-corrected chi connectivity index (χ2v) is 7.00. The molecule has 0 spiro atoms. The normalized spacial score (nSPS) is 15.4. The molecule has 2 heterocycles. The van der Waals surface area contributed by atoms with Gasteiger partial charge in [-0.05, 0) is 17.9 Å². The number of hydrogen-bond acceptors (Lipinski definition) is 6. The molecule has 1 aliphatic heterocycles. The summed E-state index contributed by atoms with van der Waals surface area (Å²) in [7, 11) is 1.63. The SMILES string of the molecule is CCSc1ncc(CN2CCN(c3cccc(OC)c3)C(=O)C2)cn1. The third-order valence-corrected chi connectivity index (χ3v) is 4.78. The highest BCUT2D eigenvalue weighted by atomic mass is 32.2. The summed E-state index contributed by atoms with van der Waals surface area (Å²) >= 11 is 1.62. The molecule has 0 aliphatic carbocycles. The Kier molecular flexibility index (Phi) is 5.88. The predicted molar refractivity (Wildman–Crippen MR) is 99.1 cm³/mol. The Labute approximate surface area is 152 Å². The predicted octanol–water partition coefficient (Wildman–Crippen LogP) is 2.45. The van der Waals surface area contributed by atoms with Crippen LogP contribution in [0.4, 0.5) is 5.69 Å². The topological polar surface area (TPSA) is 58.6 Å². The summed E-state index contributed by atoms with van der Waals surface area (Å²) in [4.78, 5) is 25.2. The van der Waals surface area contributed by atoms with Crippen molar-refractivity contribution in [1.29, 1.82) is 0 Å². The Morgan fingerprint density at radius 1 is 1.24 bits per heavy atom. The fourth-order valence-electron chi connectivity index (χ4n) is 2.79. The van der Waals surface area contributed by atoms with Gasteiger partial charge < -0.3 is 9.64 Å². The maximum Gasteiger partial charge on any atom is 0.241 e. The van der Waals surface area contributed by atoms with Crippen molar-refractivity contribution in [2.24, 2.45) is 0 Å². The third kappa shape index (κ3) is 4.49. The van der Waals surface area contributed by atoms with Crippen LogP contribution in [0.3, 0.4) is 0 Å². The van der Waals surface area contributed by atoms with E-state index in [0.29, 0.717) is 19.6 Å². The van der Waals surface area contributed by atoms with Crippen molar-refractivity contribution in [3.63, 3.8) is 0 Å². The molecular formula is C18H22N4O2S. The fourth-order valence-corrected chi connectivity index (χ4v) is 3.31. The van der Waals surface area contributed by atoms with Gasteiger partial charge in [-0.1, -0.05) is 24.8 Å². The molecule has 1 aromatic carbocycles. The second-order valence-electron chi connectivity index (χ2n) is 5.76. The van der Waals surface area contributed by atoms with Crippen LogP contribution in [0.15, 0.2) is 41.8 Å². The second kappa shape index (κ2) is 8.31. The lowest BCUT2D eigenvalue weighted by Crippen LogP contribution is -2.50. The van der Waals surface area contributed by atoms with Gasteiger partial charge in [0.25, 0.3) is 0 Å². The molecule has 1 aliphatic rings. The number of ether oxygens (including phenoxy) is 1.